The number of carbonyl (C=O) groups excluding carboxylic acids is 1. The zero-order valence-corrected chi connectivity index (χ0v) is 12.6. The van der Waals surface area contributed by atoms with Crippen LogP contribution in [0.3, 0.4) is 0 Å². The maximum atomic E-state index is 12.0. The topological polar surface area (TPSA) is 52.1 Å². The molecule has 0 aliphatic heterocycles. The summed E-state index contributed by atoms with van der Waals surface area (Å²) >= 11 is 1.52. The summed E-state index contributed by atoms with van der Waals surface area (Å²) in [7, 11) is 0. The molecule has 4 nitrogen and oxygen atoms in total. The van der Waals surface area contributed by atoms with Gasteiger partial charge in [0, 0.05) is 11.6 Å². The van der Waals surface area contributed by atoms with Gasteiger partial charge in [-0.2, -0.15) is 0 Å². The minimum Gasteiger partial charge on any atom is -0.459 e. The fraction of sp³-hybridized carbons (Fsp3) is 0.438. The molecule has 0 atom stereocenters. The van der Waals surface area contributed by atoms with Crippen LogP contribution in [0.1, 0.15) is 37.8 Å². The first kappa shape index (κ1) is 14.2. The van der Waals surface area contributed by atoms with E-state index >= 15 is 0 Å². The Morgan fingerprint density at radius 1 is 1.29 bits per heavy atom. The number of rotatable bonds is 4. The number of esters is 1. The zero-order chi connectivity index (χ0) is 14.5. The molecule has 110 valence electrons. The summed E-state index contributed by atoms with van der Waals surface area (Å²) in [6, 6.07) is 5.74. The van der Waals surface area contributed by atoms with Gasteiger partial charge in [0.25, 0.3) is 0 Å². The van der Waals surface area contributed by atoms with Crippen molar-refractivity contribution in [2.24, 2.45) is 5.92 Å². The summed E-state index contributed by atoms with van der Waals surface area (Å²) in [6.45, 7) is 0.263. The number of thiazole rings is 1. The van der Waals surface area contributed by atoms with Crippen molar-refractivity contribution in [3.05, 3.63) is 35.5 Å². The first-order chi connectivity index (χ1) is 10.3. The van der Waals surface area contributed by atoms with Crippen LogP contribution in [0.2, 0.25) is 0 Å². The number of carbonyl (C=O) groups is 1. The smallest absolute Gasteiger partial charge is 0.309 e. The van der Waals surface area contributed by atoms with Crippen LogP contribution in [0.25, 0.3) is 10.7 Å². The Bertz CT molecular complexity index is 591. The van der Waals surface area contributed by atoms with Crippen LogP contribution >= 0.6 is 11.3 Å². The molecule has 1 aliphatic rings. The van der Waals surface area contributed by atoms with Crippen molar-refractivity contribution >= 4 is 17.3 Å². The monoisotopic (exact) mass is 302 g/mol. The highest BCUT2D eigenvalue weighted by Gasteiger charge is 2.22. The van der Waals surface area contributed by atoms with Crippen LogP contribution in [-0.4, -0.2) is 15.9 Å². The van der Waals surface area contributed by atoms with Crippen molar-refractivity contribution in [3.63, 3.8) is 0 Å². The van der Waals surface area contributed by atoms with Crippen LogP contribution in [0, 0.1) is 5.92 Å². The number of aromatic nitrogens is 2. The molecule has 0 aromatic carbocycles. The lowest BCUT2D eigenvalue weighted by Crippen LogP contribution is -2.20. The summed E-state index contributed by atoms with van der Waals surface area (Å²) < 4.78 is 5.40. The van der Waals surface area contributed by atoms with E-state index in [-0.39, 0.29) is 18.5 Å². The maximum Gasteiger partial charge on any atom is 0.309 e. The third-order valence-corrected chi connectivity index (χ3v) is 4.65. The van der Waals surface area contributed by atoms with Gasteiger partial charge in [-0.3, -0.25) is 9.78 Å². The van der Waals surface area contributed by atoms with Crippen molar-refractivity contribution in [2.75, 3.05) is 0 Å². The maximum absolute atomic E-state index is 12.0. The first-order valence-corrected chi connectivity index (χ1v) is 8.23. The van der Waals surface area contributed by atoms with Gasteiger partial charge in [0.1, 0.15) is 11.6 Å². The predicted octanol–water partition coefficient (Wildman–Crippen LogP) is 3.83. The molecule has 1 aliphatic carbocycles. The first-order valence-electron chi connectivity index (χ1n) is 7.35. The average Bonchev–Trinajstić information content (AvgIpc) is 3.03. The molecule has 0 N–H and O–H groups in total. The molecule has 1 fully saturated rings. The normalized spacial score (nSPS) is 15.8. The van der Waals surface area contributed by atoms with Gasteiger partial charge < -0.3 is 4.74 Å². The quantitative estimate of drug-likeness (QED) is 0.805. The predicted molar refractivity (Wildman–Crippen MR) is 81.7 cm³/mol. The Labute approximate surface area is 128 Å². The molecule has 2 heterocycles. The molecule has 0 amide bonds. The number of hydrogen-bond donors (Lipinski definition) is 0. The van der Waals surface area contributed by atoms with Crippen LogP contribution in [-0.2, 0) is 16.1 Å². The van der Waals surface area contributed by atoms with Crippen LogP contribution in [0.5, 0.6) is 0 Å². The molecule has 3 rings (SSSR count). The number of pyridine rings is 1. The number of nitrogens with zero attached hydrogens (tertiary/aromatic N) is 2. The Balaban J connectivity index is 1.56. The third kappa shape index (κ3) is 3.67. The second kappa shape index (κ2) is 6.80. The van der Waals surface area contributed by atoms with E-state index in [1.807, 2.05) is 23.6 Å². The minimum atomic E-state index is -0.0675. The molecule has 0 unspecified atom stereocenters. The van der Waals surface area contributed by atoms with E-state index in [0.717, 1.165) is 42.1 Å². The van der Waals surface area contributed by atoms with E-state index in [2.05, 4.69) is 9.97 Å². The van der Waals surface area contributed by atoms with Gasteiger partial charge in [0.05, 0.1) is 17.3 Å². The van der Waals surface area contributed by atoms with Gasteiger partial charge in [-0.15, -0.1) is 11.3 Å². The van der Waals surface area contributed by atoms with E-state index in [9.17, 15) is 4.79 Å². The Morgan fingerprint density at radius 3 is 2.90 bits per heavy atom. The second-order valence-corrected chi connectivity index (χ2v) is 6.16. The van der Waals surface area contributed by atoms with Crippen LogP contribution < -0.4 is 0 Å². The van der Waals surface area contributed by atoms with Gasteiger partial charge in [-0.1, -0.05) is 25.3 Å². The van der Waals surface area contributed by atoms with Crippen molar-refractivity contribution in [1.82, 2.24) is 9.97 Å². The molecule has 2 aromatic heterocycles. The van der Waals surface area contributed by atoms with Crippen LogP contribution in [0.15, 0.2) is 29.8 Å². The molecular weight excluding hydrogens is 284 g/mol. The molecule has 0 spiro atoms. The summed E-state index contributed by atoms with van der Waals surface area (Å²) in [5.41, 5.74) is 1.65. The van der Waals surface area contributed by atoms with Gasteiger partial charge in [0.15, 0.2) is 0 Å². The molecule has 0 saturated heterocycles. The zero-order valence-electron chi connectivity index (χ0n) is 11.8. The SMILES string of the molecule is O=C(OCc1csc(-c2ccccn2)n1)C1CCCCC1. The lowest BCUT2D eigenvalue weighted by Gasteiger charge is -2.19. The largest absolute Gasteiger partial charge is 0.459 e. The molecule has 0 radical (unpaired) electrons. The average molecular weight is 302 g/mol. The lowest BCUT2D eigenvalue weighted by atomic mass is 9.89. The fourth-order valence-electron chi connectivity index (χ4n) is 2.58. The van der Waals surface area contributed by atoms with Crippen molar-refractivity contribution in [1.29, 1.82) is 0 Å². The van der Waals surface area contributed by atoms with Crippen molar-refractivity contribution < 1.29 is 9.53 Å². The second-order valence-electron chi connectivity index (χ2n) is 5.30. The summed E-state index contributed by atoms with van der Waals surface area (Å²) in [5, 5.41) is 2.79. The molecule has 5 heteroatoms. The van der Waals surface area contributed by atoms with Gasteiger partial charge in [-0.05, 0) is 25.0 Å². The summed E-state index contributed by atoms with van der Waals surface area (Å²) in [4.78, 5) is 20.7. The third-order valence-electron chi connectivity index (χ3n) is 3.74. The summed E-state index contributed by atoms with van der Waals surface area (Å²) in [6.07, 6.45) is 7.20. The Morgan fingerprint density at radius 2 is 2.14 bits per heavy atom. The van der Waals surface area contributed by atoms with E-state index in [4.69, 9.17) is 4.74 Å². The van der Waals surface area contributed by atoms with Gasteiger partial charge >= 0.3 is 5.97 Å². The van der Waals surface area contributed by atoms with E-state index < -0.39 is 0 Å². The molecule has 0 bridgehead atoms. The summed E-state index contributed by atoms with van der Waals surface area (Å²) in [5.74, 6) is 0.0229. The van der Waals surface area contributed by atoms with Crippen molar-refractivity contribution in [2.45, 2.75) is 38.7 Å². The molecular formula is C16H18N2O2S. The van der Waals surface area contributed by atoms with Crippen molar-refractivity contribution in [3.8, 4) is 10.7 Å². The Kier molecular flexibility index (Phi) is 4.60. The standard InChI is InChI=1S/C16H18N2O2S/c19-16(12-6-2-1-3-7-12)20-10-13-11-21-15(18-13)14-8-4-5-9-17-14/h4-5,8-9,11-12H,1-3,6-7,10H2. The minimum absolute atomic E-state index is 0.0675. The fourth-order valence-corrected chi connectivity index (χ4v) is 3.36. The highest BCUT2D eigenvalue weighted by Crippen LogP contribution is 2.26. The highest BCUT2D eigenvalue weighted by molar-refractivity contribution is 7.13. The van der Waals surface area contributed by atoms with Gasteiger partial charge in [-0.25, -0.2) is 4.98 Å². The molecule has 1 saturated carbocycles. The van der Waals surface area contributed by atoms with Gasteiger partial charge in [0.2, 0.25) is 0 Å². The highest BCUT2D eigenvalue weighted by atomic mass is 32.1. The molecule has 21 heavy (non-hydrogen) atoms. The van der Waals surface area contributed by atoms with E-state index in [1.54, 1.807) is 6.20 Å². The van der Waals surface area contributed by atoms with E-state index in [1.165, 1.54) is 17.8 Å². The number of hydrogen-bond acceptors (Lipinski definition) is 5. The number of ether oxygens (including phenoxy) is 1. The Hall–Kier alpha value is -1.75. The molecule has 2 aromatic rings. The van der Waals surface area contributed by atoms with E-state index in [0.29, 0.717) is 0 Å². The lowest BCUT2D eigenvalue weighted by molar-refractivity contribution is -0.151. The van der Waals surface area contributed by atoms with Crippen LogP contribution in [0.4, 0.5) is 0 Å².